The van der Waals surface area contributed by atoms with E-state index in [1.54, 1.807) is 30.7 Å². The van der Waals surface area contributed by atoms with Gasteiger partial charge in [0.2, 0.25) is 0 Å². The summed E-state index contributed by atoms with van der Waals surface area (Å²) in [6, 6.07) is 17.0. The van der Waals surface area contributed by atoms with Crippen LogP contribution in [0.2, 0.25) is 0 Å². The summed E-state index contributed by atoms with van der Waals surface area (Å²) in [5.74, 6) is 0.516. The van der Waals surface area contributed by atoms with Crippen molar-refractivity contribution in [1.82, 2.24) is 19.6 Å². The number of anilines is 1. The van der Waals surface area contributed by atoms with Gasteiger partial charge in [-0.25, -0.2) is 4.68 Å². The Morgan fingerprint density at radius 1 is 1.06 bits per heavy atom. The molecule has 0 unspecified atom stereocenters. The molecule has 1 aliphatic rings. The Balaban J connectivity index is 1.36. The smallest absolute Gasteiger partial charge is 0.306 e. The molecule has 0 radical (unpaired) electrons. The van der Waals surface area contributed by atoms with Crippen LogP contribution in [0, 0.1) is 24.0 Å². The van der Waals surface area contributed by atoms with Gasteiger partial charge in [0.25, 0.3) is 5.91 Å². The van der Waals surface area contributed by atoms with Crippen molar-refractivity contribution >= 4 is 17.4 Å². The second kappa shape index (κ2) is 8.58. The average molecular weight is 457 g/mol. The van der Waals surface area contributed by atoms with E-state index in [-0.39, 0.29) is 11.6 Å². The highest BCUT2D eigenvalue weighted by Crippen LogP contribution is 2.31. The molecule has 9 nitrogen and oxygen atoms in total. The monoisotopic (exact) mass is 456 g/mol. The van der Waals surface area contributed by atoms with Crippen LogP contribution in [0.25, 0.3) is 5.69 Å². The van der Waals surface area contributed by atoms with Crippen LogP contribution in [0.5, 0.6) is 0 Å². The van der Waals surface area contributed by atoms with Gasteiger partial charge in [0.05, 0.1) is 22.8 Å². The molecule has 0 saturated heterocycles. The number of nitrogens with one attached hydrogen (secondary N) is 1. The lowest BCUT2D eigenvalue weighted by Gasteiger charge is -2.11. The van der Waals surface area contributed by atoms with E-state index in [0.717, 1.165) is 47.6 Å². The van der Waals surface area contributed by atoms with E-state index >= 15 is 0 Å². The molecular weight excluding hydrogens is 432 g/mol. The van der Waals surface area contributed by atoms with Gasteiger partial charge in [-0.15, -0.1) is 0 Å². The standard InChI is InChI=1S/C25H24N6O3/c1-16-23(31(33)34)17(2)29(27-16)15-18-11-13-19(14-12-18)25(32)26-24-21-9-6-10-22(21)28-30(24)20-7-4-3-5-8-20/h3-5,7-8,11-14H,6,9-10,15H2,1-2H3,(H,26,32). The highest BCUT2D eigenvalue weighted by atomic mass is 16.6. The summed E-state index contributed by atoms with van der Waals surface area (Å²) in [4.78, 5) is 23.9. The molecule has 5 rings (SSSR count). The number of hydrogen-bond donors (Lipinski definition) is 1. The number of nitro groups is 1. The normalized spacial score (nSPS) is 12.5. The number of aryl methyl sites for hydroxylation is 2. The molecule has 2 aromatic heterocycles. The number of carbonyl (C=O) groups excluding carboxylic acids is 1. The summed E-state index contributed by atoms with van der Waals surface area (Å²) in [5.41, 5.74) is 5.39. The van der Waals surface area contributed by atoms with Crippen molar-refractivity contribution < 1.29 is 9.72 Å². The Kier molecular flexibility index (Phi) is 5.45. The number of carbonyl (C=O) groups is 1. The molecule has 1 N–H and O–H groups in total. The lowest BCUT2D eigenvalue weighted by Crippen LogP contribution is -2.16. The summed E-state index contributed by atoms with van der Waals surface area (Å²) in [6.07, 6.45) is 2.85. The molecule has 1 amide bonds. The first-order valence-electron chi connectivity index (χ1n) is 11.2. The summed E-state index contributed by atoms with van der Waals surface area (Å²) in [7, 11) is 0. The molecule has 9 heteroatoms. The minimum atomic E-state index is -0.404. The Hall–Kier alpha value is -4.27. The molecule has 4 aromatic rings. The maximum absolute atomic E-state index is 13.1. The van der Waals surface area contributed by atoms with Crippen molar-refractivity contribution in [3.8, 4) is 5.69 Å². The SMILES string of the molecule is Cc1nn(Cc2ccc(C(=O)Nc3c4c(nn3-c3ccccc3)CCC4)cc2)c(C)c1[N+](=O)[O-]. The topological polar surface area (TPSA) is 108 Å². The van der Waals surface area contributed by atoms with Crippen LogP contribution >= 0.6 is 0 Å². The molecule has 0 bridgehead atoms. The first-order chi connectivity index (χ1) is 16.4. The molecule has 0 fully saturated rings. The zero-order valence-corrected chi connectivity index (χ0v) is 19.0. The Morgan fingerprint density at radius 2 is 1.79 bits per heavy atom. The minimum absolute atomic E-state index is 0.0403. The number of para-hydroxylation sites is 1. The van der Waals surface area contributed by atoms with Crippen molar-refractivity contribution in [3.05, 3.63) is 98.5 Å². The molecular formula is C25H24N6O3. The van der Waals surface area contributed by atoms with Crippen molar-refractivity contribution in [2.24, 2.45) is 0 Å². The van der Waals surface area contributed by atoms with Gasteiger partial charge < -0.3 is 5.32 Å². The predicted molar refractivity (Wildman–Crippen MR) is 127 cm³/mol. The molecule has 172 valence electrons. The first-order valence-corrected chi connectivity index (χ1v) is 11.2. The highest BCUT2D eigenvalue weighted by molar-refractivity contribution is 6.04. The van der Waals surface area contributed by atoms with Crippen LogP contribution in [-0.2, 0) is 19.4 Å². The van der Waals surface area contributed by atoms with E-state index in [9.17, 15) is 14.9 Å². The van der Waals surface area contributed by atoms with Crippen molar-refractivity contribution in [1.29, 1.82) is 0 Å². The fraction of sp³-hybridized carbons (Fsp3) is 0.240. The van der Waals surface area contributed by atoms with Crippen molar-refractivity contribution in [2.75, 3.05) is 5.32 Å². The van der Waals surface area contributed by atoms with Crippen LogP contribution < -0.4 is 5.32 Å². The number of benzene rings is 2. The molecule has 1 aliphatic carbocycles. The number of fused-ring (bicyclic) bond motifs is 1. The molecule has 2 aromatic carbocycles. The lowest BCUT2D eigenvalue weighted by atomic mass is 10.1. The van der Waals surface area contributed by atoms with E-state index in [2.05, 4.69) is 10.4 Å². The third-order valence-electron chi connectivity index (χ3n) is 6.21. The van der Waals surface area contributed by atoms with Gasteiger partial charge in [0.15, 0.2) is 0 Å². The van der Waals surface area contributed by atoms with E-state index in [1.807, 2.05) is 47.1 Å². The highest BCUT2D eigenvalue weighted by Gasteiger charge is 2.25. The average Bonchev–Trinajstić information content (AvgIpc) is 3.49. The Labute approximate surface area is 196 Å². The third-order valence-corrected chi connectivity index (χ3v) is 6.21. The van der Waals surface area contributed by atoms with Crippen molar-refractivity contribution in [2.45, 2.75) is 39.7 Å². The third kappa shape index (κ3) is 3.85. The largest absolute Gasteiger partial charge is 0.312 e. The molecule has 0 atom stereocenters. The molecule has 0 aliphatic heterocycles. The van der Waals surface area contributed by atoms with Crippen LogP contribution in [0.4, 0.5) is 11.5 Å². The zero-order chi connectivity index (χ0) is 23.8. The molecule has 0 saturated carbocycles. The number of amides is 1. The van der Waals surface area contributed by atoms with E-state index < -0.39 is 4.92 Å². The Bertz CT molecular complexity index is 1390. The van der Waals surface area contributed by atoms with Crippen LogP contribution in [0.1, 0.15) is 45.0 Å². The number of hydrogen-bond acceptors (Lipinski definition) is 5. The number of aromatic nitrogens is 4. The van der Waals surface area contributed by atoms with E-state index in [0.29, 0.717) is 23.5 Å². The summed E-state index contributed by atoms with van der Waals surface area (Å²) < 4.78 is 3.43. The van der Waals surface area contributed by atoms with Gasteiger partial charge >= 0.3 is 5.69 Å². The van der Waals surface area contributed by atoms with Gasteiger partial charge in [-0.05, 0) is 62.9 Å². The first kappa shape index (κ1) is 21.6. The maximum Gasteiger partial charge on any atom is 0.312 e. The summed E-state index contributed by atoms with van der Waals surface area (Å²) in [6.45, 7) is 3.71. The van der Waals surface area contributed by atoms with Gasteiger partial charge in [-0.3, -0.25) is 19.6 Å². The van der Waals surface area contributed by atoms with Gasteiger partial charge in [0.1, 0.15) is 17.2 Å². The quantitative estimate of drug-likeness (QED) is 0.342. The van der Waals surface area contributed by atoms with Gasteiger partial charge in [0, 0.05) is 11.1 Å². The second-order valence-electron chi connectivity index (χ2n) is 8.46. The predicted octanol–water partition coefficient (Wildman–Crippen LogP) is 4.38. The van der Waals surface area contributed by atoms with Crippen LogP contribution in [0.15, 0.2) is 54.6 Å². The van der Waals surface area contributed by atoms with Gasteiger partial charge in [-0.1, -0.05) is 30.3 Å². The zero-order valence-electron chi connectivity index (χ0n) is 19.0. The van der Waals surface area contributed by atoms with E-state index in [1.165, 1.54) is 0 Å². The molecule has 2 heterocycles. The molecule has 34 heavy (non-hydrogen) atoms. The lowest BCUT2D eigenvalue weighted by molar-refractivity contribution is -0.386. The summed E-state index contributed by atoms with van der Waals surface area (Å²) in [5, 5.41) is 23.4. The molecule has 0 spiro atoms. The van der Waals surface area contributed by atoms with Crippen LogP contribution in [0.3, 0.4) is 0 Å². The minimum Gasteiger partial charge on any atom is -0.306 e. The van der Waals surface area contributed by atoms with Crippen molar-refractivity contribution in [3.63, 3.8) is 0 Å². The fourth-order valence-electron chi connectivity index (χ4n) is 4.50. The number of nitrogens with zero attached hydrogens (tertiary/aromatic N) is 5. The fourth-order valence-corrected chi connectivity index (χ4v) is 4.50. The summed E-state index contributed by atoms with van der Waals surface area (Å²) >= 11 is 0. The maximum atomic E-state index is 13.1. The second-order valence-corrected chi connectivity index (χ2v) is 8.46. The Morgan fingerprint density at radius 3 is 2.47 bits per heavy atom. The van der Waals surface area contributed by atoms with Crippen LogP contribution in [-0.4, -0.2) is 30.4 Å². The number of rotatable bonds is 6. The van der Waals surface area contributed by atoms with E-state index in [4.69, 9.17) is 5.10 Å². The van der Waals surface area contributed by atoms with Gasteiger partial charge in [-0.2, -0.15) is 10.2 Å².